The predicted octanol–water partition coefficient (Wildman–Crippen LogP) is 3.39. The van der Waals surface area contributed by atoms with E-state index < -0.39 is 0 Å². The van der Waals surface area contributed by atoms with Gasteiger partial charge in [-0.1, -0.05) is 36.4 Å². The fourth-order valence-corrected chi connectivity index (χ4v) is 3.60. The third-order valence-electron chi connectivity index (χ3n) is 4.33. The van der Waals surface area contributed by atoms with Gasteiger partial charge in [0.25, 0.3) is 5.91 Å². The highest BCUT2D eigenvalue weighted by Gasteiger charge is 2.28. The van der Waals surface area contributed by atoms with Crippen molar-refractivity contribution >= 4 is 23.2 Å². The zero-order chi connectivity index (χ0) is 16.8. The summed E-state index contributed by atoms with van der Waals surface area (Å²) in [6, 6.07) is 13.7. The molecule has 24 heavy (non-hydrogen) atoms. The molecule has 0 aliphatic carbocycles. The molecule has 1 saturated heterocycles. The van der Waals surface area contributed by atoms with E-state index in [4.69, 9.17) is 4.74 Å². The summed E-state index contributed by atoms with van der Waals surface area (Å²) in [6.07, 6.45) is 2.10. The third-order valence-corrected chi connectivity index (χ3v) is 5.18. The number of benzene rings is 1. The molecule has 1 fully saturated rings. The molecule has 0 radical (unpaired) electrons. The second kappa shape index (κ2) is 8.11. The van der Waals surface area contributed by atoms with Crippen LogP contribution in [0.5, 0.6) is 0 Å². The lowest BCUT2D eigenvalue weighted by atomic mass is 9.97. The van der Waals surface area contributed by atoms with Crippen LogP contribution in [0.15, 0.2) is 47.8 Å². The van der Waals surface area contributed by atoms with Crippen molar-refractivity contribution < 1.29 is 14.3 Å². The molecule has 1 aromatic heterocycles. The first kappa shape index (κ1) is 16.7. The molecule has 126 valence electrons. The van der Waals surface area contributed by atoms with E-state index in [-0.39, 0.29) is 17.8 Å². The van der Waals surface area contributed by atoms with Crippen LogP contribution in [0.1, 0.15) is 28.1 Å². The van der Waals surface area contributed by atoms with Crippen molar-refractivity contribution in [2.24, 2.45) is 5.92 Å². The summed E-state index contributed by atoms with van der Waals surface area (Å²) in [5.41, 5.74) is 1.17. The Balaban J connectivity index is 1.41. The van der Waals surface area contributed by atoms with Gasteiger partial charge in [0.05, 0.1) is 17.4 Å². The molecule has 1 aliphatic rings. The van der Waals surface area contributed by atoms with Crippen LogP contribution in [-0.4, -0.2) is 36.5 Å². The van der Waals surface area contributed by atoms with Gasteiger partial charge in [0.2, 0.25) is 0 Å². The molecule has 2 aromatic rings. The summed E-state index contributed by atoms with van der Waals surface area (Å²) in [6.45, 7) is 1.65. The Hall–Kier alpha value is -2.14. The maximum Gasteiger partial charge on any atom is 0.309 e. The number of carbonyl (C=O) groups is 2. The van der Waals surface area contributed by atoms with Crippen LogP contribution in [0, 0.1) is 5.92 Å². The standard InChI is InChI=1S/C19H21NO3S/c21-18(17-7-4-14-24-17)20-11-8-16(9-12-20)19(22)23-13-10-15-5-2-1-3-6-15/h1-7,14,16H,8-13H2. The molecule has 0 saturated carbocycles. The van der Waals surface area contributed by atoms with Crippen molar-refractivity contribution in [3.63, 3.8) is 0 Å². The van der Waals surface area contributed by atoms with Gasteiger partial charge in [-0.15, -0.1) is 11.3 Å². The van der Waals surface area contributed by atoms with Gasteiger partial charge >= 0.3 is 5.97 Å². The van der Waals surface area contributed by atoms with E-state index in [1.54, 1.807) is 0 Å². The SMILES string of the molecule is O=C(OCCc1ccccc1)C1CCN(C(=O)c2cccs2)CC1. The highest BCUT2D eigenvalue weighted by atomic mass is 32.1. The summed E-state index contributed by atoms with van der Waals surface area (Å²) in [5.74, 6) is -0.150. The number of esters is 1. The minimum absolute atomic E-state index is 0.0703. The maximum atomic E-state index is 12.3. The van der Waals surface area contributed by atoms with Crippen molar-refractivity contribution in [2.45, 2.75) is 19.3 Å². The first-order chi connectivity index (χ1) is 11.7. The summed E-state index contributed by atoms with van der Waals surface area (Å²) in [4.78, 5) is 27.1. The molecule has 5 heteroatoms. The molecule has 0 N–H and O–H groups in total. The van der Waals surface area contributed by atoms with E-state index >= 15 is 0 Å². The van der Waals surface area contributed by atoms with Crippen LogP contribution in [0.2, 0.25) is 0 Å². The number of likely N-dealkylation sites (tertiary alicyclic amines) is 1. The second-order valence-electron chi connectivity index (χ2n) is 5.95. The molecule has 0 bridgehead atoms. The van der Waals surface area contributed by atoms with Gasteiger partial charge in [0, 0.05) is 19.5 Å². The molecule has 0 unspecified atom stereocenters. The van der Waals surface area contributed by atoms with Gasteiger partial charge in [-0.05, 0) is 29.9 Å². The predicted molar refractivity (Wildman–Crippen MR) is 94.1 cm³/mol. The first-order valence-corrected chi connectivity index (χ1v) is 9.15. The van der Waals surface area contributed by atoms with Gasteiger partial charge < -0.3 is 9.64 Å². The monoisotopic (exact) mass is 343 g/mol. The maximum absolute atomic E-state index is 12.3. The number of ether oxygens (including phenoxy) is 1. The number of hydrogen-bond acceptors (Lipinski definition) is 4. The minimum atomic E-state index is -0.130. The molecule has 3 rings (SSSR count). The Kier molecular flexibility index (Phi) is 5.64. The van der Waals surface area contributed by atoms with Crippen LogP contribution in [0.3, 0.4) is 0 Å². The van der Waals surface area contributed by atoms with Gasteiger partial charge in [-0.25, -0.2) is 0 Å². The van der Waals surface area contributed by atoms with E-state index in [2.05, 4.69) is 0 Å². The van der Waals surface area contributed by atoms with E-state index in [1.807, 2.05) is 52.7 Å². The normalized spacial score (nSPS) is 15.2. The van der Waals surface area contributed by atoms with Gasteiger partial charge in [0.15, 0.2) is 0 Å². The molecular formula is C19H21NO3S. The highest BCUT2D eigenvalue weighted by Crippen LogP contribution is 2.21. The molecule has 1 amide bonds. The number of amides is 1. The first-order valence-electron chi connectivity index (χ1n) is 8.27. The average molecular weight is 343 g/mol. The molecule has 1 aromatic carbocycles. The average Bonchev–Trinajstić information content (AvgIpc) is 3.17. The lowest BCUT2D eigenvalue weighted by molar-refractivity contribution is -0.149. The molecular weight excluding hydrogens is 322 g/mol. The Morgan fingerprint density at radius 2 is 1.83 bits per heavy atom. The van der Waals surface area contributed by atoms with E-state index in [1.165, 1.54) is 16.9 Å². The highest BCUT2D eigenvalue weighted by molar-refractivity contribution is 7.12. The fourth-order valence-electron chi connectivity index (χ4n) is 2.91. The van der Waals surface area contributed by atoms with Gasteiger partial charge in [0.1, 0.15) is 0 Å². The number of piperidine rings is 1. The summed E-state index contributed by atoms with van der Waals surface area (Å²) in [5, 5.41) is 1.91. The van der Waals surface area contributed by atoms with Crippen molar-refractivity contribution in [2.75, 3.05) is 19.7 Å². The number of carbonyl (C=O) groups excluding carboxylic acids is 2. The molecule has 0 atom stereocenters. The van der Waals surface area contributed by atoms with Crippen LogP contribution < -0.4 is 0 Å². The van der Waals surface area contributed by atoms with E-state index in [9.17, 15) is 9.59 Å². The zero-order valence-corrected chi connectivity index (χ0v) is 14.3. The van der Waals surface area contributed by atoms with Crippen LogP contribution in [0.4, 0.5) is 0 Å². The Morgan fingerprint density at radius 3 is 2.50 bits per heavy atom. The van der Waals surface area contributed by atoms with Gasteiger partial charge in [-0.2, -0.15) is 0 Å². The van der Waals surface area contributed by atoms with Crippen molar-refractivity contribution in [1.82, 2.24) is 4.90 Å². The van der Waals surface area contributed by atoms with Crippen molar-refractivity contribution in [3.05, 3.63) is 58.3 Å². The van der Waals surface area contributed by atoms with Crippen molar-refractivity contribution in [3.8, 4) is 0 Å². The lowest BCUT2D eigenvalue weighted by Gasteiger charge is -2.30. The Labute approximate surface area is 146 Å². The Morgan fingerprint density at radius 1 is 1.08 bits per heavy atom. The topological polar surface area (TPSA) is 46.6 Å². The quantitative estimate of drug-likeness (QED) is 0.782. The largest absolute Gasteiger partial charge is 0.465 e. The smallest absolute Gasteiger partial charge is 0.309 e. The van der Waals surface area contributed by atoms with Crippen LogP contribution in [0.25, 0.3) is 0 Å². The summed E-state index contributed by atoms with van der Waals surface area (Å²) in [7, 11) is 0. The summed E-state index contributed by atoms with van der Waals surface area (Å²) >= 11 is 1.46. The lowest BCUT2D eigenvalue weighted by Crippen LogP contribution is -2.40. The minimum Gasteiger partial charge on any atom is -0.465 e. The summed E-state index contributed by atoms with van der Waals surface area (Å²) < 4.78 is 5.41. The van der Waals surface area contributed by atoms with Crippen molar-refractivity contribution in [1.29, 1.82) is 0 Å². The Bertz CT molecular complexity index is 661. The van der Waals surface area contributed by atoms with E-state index in [0.29, 0.717) is 32.5 Å². The third kappa shape index (κ3) is 4.23. The molecule has 2 heterocycles. The number of thiophene rings is 1. The number of nitrogens with zero attached hydrogens (tertiary/aromatic N) is 1. The second-order valence-corrected chi connectivity index (χ2v) is 6.89. The zero-order valence-electron chi connectivity index (χ0n) is 13.5. The fraction of sp³-hybridized carbons (Fsp3) is 0.368. The van der Waals surface area contributed by atoms with Gasteiger partial charge in [-0.3, -0.25) is 9.59 Å². The number of rotatable bonds is 5. The molecule has 1 aliphatic heterocycles. The molecule has 4 nitrogen and oxygen atoms in total. The van der Waals surface area contributed by atoms with Crippen LogP contribution >= 0.6 is 11.3 Å². The number of hydrogen-bond donors (Lipinski definition) is 0. The molecule has 0 spiro atoms. The van der Waals surface area contributed by atoms with Crippen LogP contribution in [-0.2, 0) is 16.0 Å². The van der Waals surface area contributed by atoms with E-state index in [0.717, 1.165) is 11.3 Å².